The molecule has 3 heterocycles. The van der Waals surface area contributed by atoms with Crippen LogP contribution in [0.25, 0.3) is 0 Å². The summed E-state index contributed by atoms with van der Waals surface area (Å²) in [5.74, 6) is 2.65. The predicted molar refractivity (Wildman–Crippen MR) is 89.3 cm³/mol. The lowest BCUT2D eigenvalue weighted by Crippen LogP contribution is -2.39. The summed E-state index contributed by atoms with van der Waals surface area (Å²) < 4.78 is 0. The van der Waals surface area contributed by atoms with Gasteiger partial charge in [-0.05, 0) is 38.8 Å². The molecule has 3 rings (SSSR count). The van der Waals surface area contributed by atoms with E-state index < -0.39 is 0 Å². The molecule has 0 bridgehead atoms. The van der Waals surface area contributed by atoms with Crippen LogP contribution in [0.2, 0.25) is 0 Å². The molecular formula is C17H20N6. The summed E-state index contributed by atoms with van der Waals surface area (Å²) in [5, 5.41) is 12.3. The highest BCUT2D eigenvalue weighted by Gasteiger charge is 2.20. The molecule has 0 amide bonds. The fourth-order valence-electron chi connectivity index (χ4n) is 2.89. The second-order valence-corrected chi connectivity index (χ2v) is 5.86. The smallest absolute Gasteiger partial charge is 0.130 e. The van der Waals surface area contributed by atoms with E-state index in [2.05, 4.69) is 31.2 Å². The number of hydrogen-bond donors (Lipinski definition) is 1. The Kier molecular flexibility index (Phi) is 4.38. The number of nitrogens with zero attached hydrogens (tertiary/aromatic N) is 5. The van der Waals surface area contributed by atoms with Crippen LogP contribution in [-0.4, -0.2) is 34.1 Å². The third-order valence-corrected chi connectivity index (χ3v) is 4.01. The molecular weight excluding hydrogens is 288 g/mol. The lowest BCUT2D eigenvalue weighted by atomic mass is 10.0. The minimum Gasteiger partial charge on any atom is -0.367 e. The van der Waals surface area contributed by atoms with Gasteiger partial charge in [0.15, 0.2) is 0 Å². The van der Waals surface area contributed by atoms with E-state index in [0.717, 1.165) is 49.1 Å². The van der Waals surface area contributed by atoms with E-state index >= 15 is 0 Å². The van der Waals surface area contributed by atoms with Crippen LogP contribution in [0.1, 0.15) is 29.9 Å². The van der Waals surface area contributed by atoms with E-state index in [4.69, 9.17) is 5.26 Å². The van der Waals surface area contributed by atoms with E-state index in [1.807, 2.05) is 32.0 Å². The standard InChI is InChI=1S/C17H20N6/c1-12-9-16(21-13(2)20-12)22-15-5-7-23(8-6-15)17-4-3-14(10-18)11-19-17/h3-4,9,11,15H,5-8H2,1-2H3,(H,20,21,22). The lowest BCUT2D eigenvalue weighted by Gasteiger charge is -2.33. The first kappa shape index (κ1) is 15.2. The van der Waals surface area contributed by atoms with E-state index in [1.165, 1.54) is 0 Å². The minimum atomic E-state index is 0.415. The third kappa shape index (κ3) is 3.75. The van der Waals surface area contributed by atoms with Crippen molar-refractivity contribution in [3.05, 3.63) is 41.5 Å². The topological polar surface area (TPSA) is 77.7 Å². The number of nitriles is 1. The molecule has 1 N–H and O–H groups in total. The van der Waals surface area contributed by atoms with Crippen molar-refractivity contribution >= 4 is 11.6 Å². The average molecular weight is 308 g/mol. The maximum Gasteiger partial charge on any atom is 0.130 e. The van der Waals surface area contributed by atoms with Gasteiger partial charge in [0.25, 0.3) is 0 Å². The van der Waals surface area contributed by atoms with Crippen LogP contribution in [0.3, 0.4) is 0 Å². The van der Waals surface area contributed by atoms with Crippen molar-refractivity contribution in [1.82, 2.24) is 15.0 Å². The lowest BCUT2D eigenvalue weighted by molar-refractivity contribution is 0.522. The second-order valence-electron chi connectivity index (χ2n) is 5.86. The highest BCUT2D eigenvalue weighted by molar-refractivity contribution is 5.43. The number of aryl methyl sites for hydroxylation is 2. The molecule has 0 spiro atoms. The van der Waals surface area contributed by atoms with Gasteiger partial charge >= 0.3 is 0 Å². The van der Waals surface area contributed by atoms with Crippen molar-refractivity contribution in [2.45, 2.75) is 32.7 Å². The van der Waals surface area contributed by atoms with Gasteiger partial charge in [-0.3, -0.25) is 0 Å². The largest absolute Gasteiger partial charge is 0.367 e. The molecule has 0 radical (unpaired) electrons. The summed E-state index contributed by atoms with van der Waals surface area (Å²) in [6.45, 7) is 5.79. The Bertz CT molecular complexity index is 691. The van der Waals surface area contributed by atoms with Crippen molar-refractivity contribution in [2.75, 3.05) is 23.3 Å². The SMILES string of the molecule is Cc1cc(NC2CCN(c3ccc(C#N)cn3)CC2)nc(C)n1. The molecule has 0 unspecified atom stereocenters. The molecule has 23 heavy (non-hydrogen) atoms. The zero-order chi connectivity index (χ0) is 16.2. The molecule has 1 saturated heterocycles. The summed E-state index contributed by atoms with van der Waals surface area (Å²) in [4.78, 5) is 15.4. The maximum absolute atomic E-state index is 8.83. The van der Waals surface area contributed by atoms with Crippen LogP contribution in [0.15, 0.2) is 24.4 Å². The molecule has 6 heteroatoms. The quantitative estimate of drug-likeness (QED) is 0.938. The summed E-state index contributed by atoms with van der Waals surface area (Å²) in [7, 11) is 0. The zero-order valence-electron chi connectivity index (χ0n) is 13.5. The minimum absolute atomic E-state index is 0.415. The molecule has 1 aliphatic rings. The van der Waals surface area contributed by atoms with E-state index in [-0.39, 0.29) is 0 Å². The molecule has 118 valence electrons. The first-order chi connectivity index (χ1) is 11.1. The number of rotatable bonds is 3. The number of pyridine rings is 1. The fourth-order valence-corrected chi connectivity index (χ4v) is 2.89. The summed E-state index contributed by atoms with van der Waals surface area (Å²) in [5.41, 5.74) is 1.58. The molecule has 1 fully saturated rings. The van der Waals surface area contributed by atoms with Gasteiger partial charge in [0, 0.05) is 37.1 Å². The molecule has 0 saturated carbocycles. The maximum atomic E-state index is 8.83. The van der Waals surface area contributed by atoms with E-state index in [9.17, 15) is 0 Å². The van der Waals surface area contributed by atoms with Gasteiger partial charge in [-0.15, -0.1) is 0 Å². The number of piperidine rings is 1. The van der Waals surface area contributed by atoms with Crippen molar-refractivity contribution in [1.29, 1.82) is 5.26 Å². The molecule has 0 aromatic carbocycles. The Labute approximate surface area is 136 Å². The Morgan fingerprint density at radius 2 is 2.00 bits per heavy atom. The number of anilines is 2. The van der Waals surface area contributed by atoms with Gasteiger partial charge in [0.05, 0.1) is 5.56 Å². The summed E-state index contributed by atoms with van der Waals surface area (Å²) in [6.07, 6.45) is 3.69. The van der Waals surface area contributed by atoms with Gasteiger partial charge < -0.3 is 10.2 Å². The van der Waals surface area contributed by atoms with E-state index in [0.29, 0.717) is 11.6 Å². The summed E-state index contributed by atoms with van der Waals surface area (Å²) in [6, 6.07) is 8.24. The van der Waals surface area contributed by atoms with Gasteiger partial charge in [-0.2, -0.15) is 5.26 Å². The van der Waals surface area contributed by atoms with Crippen LogP contribution in [0, 0.1) is 25.2 Å². The second kappa shape index (κ2) is 6.61. The number of aromatic nitrogens is 3. The zero-order valence-corrected chi connectivity index (χ0v) is 13.5. The molecule has 0 atom stereocenters. The van der Waals surface area contributed by atoms with Gasteiger partial charge in [0.1, 0.15) is 23.5 Å². The van der Waals surface area contributed by atoms with Gasteiger partial charge in [0.2, 0.25) is 0 Å². The van der Waals surface area contributed by atoms with Crippen LogP contribution >= 0.6 is 0 Å². The Morgan fingerprint density at radius 3 is 2.61 bits per heavy atom. The van der Waals surface area contributed by atoms with Crippen LogP contribution in [-0.2, 0) is 0 Å². The van der Waals surface area contributed by atoms with Gasteiger partial charge in [-0.25, -0.2) is 15.0 Å². The molecule has 1 aliphatic heterocycles. The third-order valence-electron chi connectivity index (χ3n) is 4.01. The fraction of sp³-hybridized carbons (Fsp3) is 0.412. The van der Waals surface area contributed by atoms with E-state index in [1.54, 1.807) is 6.20 Å². The van der Waals surface area contributed by atoms with Crippen molar-refractivity contribution in [2.24, 2.45) is 0 Å². The normalized spacial score (nSPS) is 15.3. The monoisotopic (exact) mass is 308 g/mol. The first-order valence-corrected chi connectivity index (χ1v) is 7.84. The van der Waals surface area contributed by atoms with Crippen molar-refractivity contribution in [3.8, 4) is 6.07 Å². The van der Waals surface area contributed by atoms with Crippen LogP contribution < -0.4 is 10.2 Å². The predicted octanol–water partition coefficient (Wildman–Crippen LogP) is 2.44. The van der Waals surface area contributed by atoms with Gasteiger partial charge in [-0.1, -0.05) is 0 Å². The van der Waals surface area contributed by atoms with Crippen molar-refractivity contribution in [3.63, 3.8) is 0 Å². The average Bonchev–Trinajstić information content (AvgIpc) is 2.55. The molecule has 2 aromatic rings. The highest BCUT2D eigenvalue weighted by Crippen LogP contribution is 2.20. The highest BCUT2D eigenvalue weighted by atomic mass is 15.2. The number of nitrogens with one attached hydrogen (secondary N) is 1. The Balaban J connectivity index is 1.58. The summed E-state index contributed by atoms with van der Waals surface area (Å²) >= 11 is 0. The Morgan fingerprint density at radius 1 is 1.22 bits per heavy atom. The van der Waals surface area contributed by atoms with Crippen molar-refractivity contribution < 1.29 is 0 Å². The molecule has 0 aliphatic carbocycles. The van der Waals surface area contributed by atoms with Crippen LogP contribution in [0.5, 0.6) is 0 Å². The van der Waals surface area contributed by atoms with Crippen LogP contribution in [0.4, 0.5) is 11.6 Å². The molecule has 6 nitrogen and oxygen atoms in total. The molecule has 2 aromatic heterocycles. The number of hydrogen-bond acceptors (Lipinski definition) is 6. The first-order valence-electron chi connectivity index (χ1n) is 7.84. The Hall–Kier alpha value is -2.68.